The highest BCUT2D eigenvalue weighted by molar-refractivity contribution is 5.97. The number of amides is 1. The van der Waals surface area contributed by atoms with Gasteiger partial charge in [-0.2, -0.15) is 5.10 Å². The van der Waals surface area contributed by atoms with Gasteiger partial charge in [-0.3, -0.25) is 9.48 Å². The van der Waals surface area contributed by atoms with Gasteiger partial charge < -0.3 is 15.8 Å². The second-order valence-electron chi connectivity index (χ2n) is 5.70. The minimum absolute atomic E-state index is 0.136. The molecule has 2 aliphatic rings. The number of hydrogen-bond donors (Lipinski definition) is 2. The normalized spacial score (nSPS) is 23.3. The topological polar surface area (TPSA) is 82.2 Å². The fourth-order valence-electron chi connectivity index (χ4n) is 3.03. The van der Waals surface area contributed by atoms with E-state index in [0.717, 1.165) is 32.3 Å². The van der Waals surface area contributed by atoms with E-state index in [0.29, 0.717) is 24.0 Å². The first-order chi connectivity index (χ1) is 9.74. The lowest BCUT2D eigenvalue weighted by Crippen LogP contribution is -2.32. The number of anilines is 1. The summed E-state index contributed by atoms with van der Waals surface area (Å²) in [5.41, 5.74) is 6.72. The molecule has 0 aromatic carbocycles. The van der Waals surface area contributed by atoms with Crippen molar-refractivity contribution in [3.63, 3.8) is 0 Å². The van der Waals surface area contributed by atoms with E-state index in [1.165, 1.54) is 12.8 Å². The van der Waals surface area contributed by atoms with Gasteiger partial charge in [0.05, 0.1) is 17.8 Å². The molecule has 20 heavy (non-hydrogen) atoms. The SMILES string of the molecule is Nc1cn(C2CCCC2)nc1C(=O)NCC1CCCO1. The quantitative estimate of drug-likeness (QED) is 0.874. The van der Waals surface area contributed by atoms with E-state index in [4.69, 9.17) is 10.5 Å². The zero-order valence-corrected chi connectivity index (χ0v) is 11.7. The van der Waals surface area contributed by atoms with E-state index >= 15 is 0 Å². The van der Waals surface area contributed by atoms with Crippen LogP contribution in [0.3, 0.4) is 0 Å². The highest BCUT2D eigenvalue weighted by atomic mass is 16.5. The molecule has 2 fully saturated rings. The smallest absolute Gasteiger partial charge is 0.274 e. The van der Waals surface area contributed by atoms with Crippen LogP contribution in [-0.2, 0) is 4.74 Å². The van der Waals surface area contributed by atoms with Gasteiger partial charge in [0.25, 0.3) is 5.91 Å². The largest absolute Gasteiger partial charge is 0.396 e. The Bertz CT molecular complexity index is 474. The summed E-state index contributed by atoms with van der Waals surface area (Å²) in [7, 11) is 0. The molecule has 0 radical (unpaired) electrons. The molecule has 1 aromatic rings. The highest BCUT2D eigenvalue weighted by Gasteiger charge is 2.23. The lowest BCUT2D eigenvalue weighted by atomic mass is 10.2. The van der Waals surface area contributed by atoms with Crippen molar-refractivity contribution < 1.29 is 9.53 Å². The van der Waals surface area contributed by atoms with E-state index in [1.807, 2.05) is 4.68 Å². The summed E-state index contributed by atoms with van der Waals surface area (Å²) in [6, 6.07) is 0.400. The van der Waals surface area contributed by atoms with Crippen molar-refractivity contribution in [3.8, 4) is 0 Å². The number of aromatic nitrogens is 2. The first kappa shape index (κ1) is 13.4. The van der Waals surface area contributed by atoms with Crippen LogP contribution in [0.15, 0.2) is 6.20 Å². The average Bonchev–Trinajstić information content (AvgIpc) is 3.17. The van der Waals surface area contributed by atoms with Crippen molar-refractivity contribution in [3.05, 3.63) is 11.9 Å². The van der Waals surface area contributed by atoms with Crippen LogP contribution in [0.25, 0.3) is 0 Å². The fourth-order valence-corrected chi connectivity index (χ4v) is 3.03. The second kappa shape index (κ2) is 5.83. The second-order valence-corrected chi connectivity index (χ2v) is 5.70. The first-order valence-electron chi connectivity index (χ1n) is 7.48. The van der Waals surface area contributed by atoms with Crippen molar-refractivity contribution in [2.75, 3.05) is 18.9 Å². The van der Waals surface area contributed by atoms with Gasteiger partial charge in [-0.15, -0.1) is 0 Å². The molecule has 1 unspecified atom stereocenters. The van der Waals surface area contributed by atoms with Gasteiger partial charge in [-0.05, 0) is 25.7 Å². The van der Waals surface area contributed by atoms with E-state index in [2.05, 4.69) is 10.4 Å². The van der Waals surface area contributed by atoms with Crippen molar-refractivity contribution in [2.45, 2.75) is 50.7 Å². The number of ether oxygens (including phenoxy) is 1. The summed E-state index contributed by atoms with van der Waals surface area (Å²) >= 11 is 0. The molecule has 1 aliphatic heterocycles. The maximum atomic E-state index is 12.1. The van der Waals surface area contributed by atoms with Crippen molar-refractivity contribution in [1.82, 2.24) is 15.1 Å². The van der Waals surface area contributed by atoms with Gasteiger partial charge >= 0.3 is 0 Å². The zero-order chi connectivity index (χ0) is 13.9. The Morgan fingerprint density at radius 1 is 1.40 bits per heavy atom. The van der Waals surface area contributed by atoms with Gasteiger partial charge in [0.15, 0.2) is 5.69 Å². The van der Waals surface area contributed by atoms with Crippen LogP contribution in [0.5, 0.6) is 0 Å². The number of nitrogens with two attached hydrogens (primary N) is 1. The Labute approximate surface area is 118 Å². The number of hydrogen-bond acceptors (Lipinski definition) is 4. The summed E-state index contributed by atoms with van der Waals surface area (Å²) in [4.78, 5) is 12.1. The minimum Gasteiger partial charge on any atom is -0.396 e. The number of nitrogens with one attached hydrogen (secondary N) is 1. The van der Waals surface area contributed by atoms with Gasteiger partial charge in [0, 0.05) is 19.3 Å². The van der Waals surface area contributed by atoms with Crippen LogP contribution in [0.4, 0.5) is 5.69 Å². The molecule has 3 rings (SSSR count). The van der Waals surface area contributed by atoms with E-state index in [9.17, 15) is 4.79 Å². The van der Waals surface area contributed by atoms with Crippen LogP contribution >= 0.6 is 0 Å². The molecular formula is C14H22N4O2. The van der Waals surface area contributed by atoms with Crippen molar-refractivity contribution in [2.24, 2.45) is 0 Å². The number of nitrogen functional groups attached to an aromatic ring is 1. The number of carbonyl (C=O) groups is 1. The monoisotopic (exact) mass is 278 g/mol. The van der Waals surface area contributed by atoms with Crippen LogP contribution in [0, 0.1) is 0 Å². The molecule has 110 valence electrons. The summed E-state index contributed by atoms with van der Waals surface area (Å²) in [5.74, 6) is -0.199. The van der Waals surface area contributed by atoms with Crippen LogP contribution in [-0.4, -0.2) is 34.9 Å². The third-order valence-corrected chi connectivity index (χ3v) is 4.19. The molecule has 1 amide bonds. The molecular weight excluding hydrogens is 256 g/mol. The predicted octanol–water partition coefficient (Wildman–Crippen LogP) is 1.49. The van der Waals surface area contributed by atoms with Gasteiger partial charge in [-0.25, -0.2) is 0 Å². The molecule has 1 saturated carbocycles. The van der Waals surface area contributed by atoms with E-state index in [1.54, 1.807) is 6.20 Å². The molecule has 1 saturated heterocycles. The molecule has 0 bridgehead atoms. The Kier molecular flexibility index (Phi) is 3.91. The number of carbonyl (C=O) groups excluding carboxylic acids is 1. The van der Waals surface area contributed by atoms with Gasteiger partial charge in [-0.1, -0.05) is 12.8 Å². The molecule has 3 N–H and O–H groups in total. The summed E-state index contributed by atoms with van der Waals surface area (Å²) < 4.78 is 7.35. The average molecular weight is 278 g/mol. The summed E-state index contributed by atoms with van der Waals surface area (Å²) in [6.07, 6.45) is 8.70. The van der Waals surface area contributed by atoms with Gasteiger partial charge in [0.2, 0.25) is 0 Å². The fraction of sp³-hybridized carbons (Fsp3) is 0.714. The zero-order valence-electron chi connectivity index (χ0n) is 11.7. The van der Waals surface area contributed by atoms with Gasteiger partial charge in [0.1, 0.15) is 0 Å². The molecule has 6 heteroatoms. The Hall–Kier alpha value is -1.56. The maximum Gasteiger partial charge on any atom is 0.274 e. The van der Waals surface area contributed by atoms with Crippen LogP contribution < -0.4 is 11.1 Å². The standard InChI is InChI=1S/C14H22N4O2/c15-12-9-18(10-4-1-2-5-10)17-13(12)14(19)16-8-11-6-3-7-20-11/h9-11H,1-8,15H2,(H,16,19). The Morgan fingerprint density at radius 2 is 2.20 bits per heavy atom. The Morgan fingerprint density at radius 3 is 2.90 bits per heavy atom. The molecule has 1 atom stereocenters. The number of rotatable bonds is 4. The minimum atomic E-state index is -0.199. The first-order valence-corrected chi connectivity index (χ1v) is 7.48. The molecule has 2 heterocycles. The molecule has 1 aromatic heterocycles. The molecule has 0 spiro atoms. The van der Waals surface area contributed by atoms with Crippen LogP contribution in [0.1, 0.15) is 55.1 Å². The maximum absolute atomic E-state index is 12.1. The summed E-state index contributed by atoms with van der Waals surface area (Å²) in [5, 5.41) is 7.24. The van der Waals surface area contributed by atoms with E-state index < -0.39 is 0 Å². The third-order valence-electron chi connectivity index (χ3n) is 4.19. The molecule has 1 aliphatic carbocycles. The lowest BCUT2D eigenvalue weighted by molar-refractivity contribution is 0.0853. The van der Waals surface area contributed by atoms with Crippen LogP contribution in [0.2, 0.25) is 0 Å². The van der Waals surface area contributed by atoms with Crippen molar-refractivity contribution in [1.29, 1.82) is 0 Å². The molecule has 6 nitrogen and oxygen atoms in total. The third kappa shape index (κ3) is 2.80. The predicted molar refractivity (Wildman–Crippen MR) is 75.5 cm³/mol. The summed E-state index contributed by atoms with van der Waals surface area (Å²) in [6.45, 7) is 1.33. The lowest BCUT2D eigenvalue weighted by Gasteiger charge is -2.10. The van der Waals surface area contributed by atoms with Crippen molar-refractivity contribution >= 4 is 11.6 Å². The highest BCUT2D eigenvalue weighted by Crippen LogP contribution is 2.29. The number of nitrogens with zero attached hydrogens (tertiary/aromatic N) is 2. The Balaban J connectivity index is 1.61. The van der Waals surface area contributed by atoms with E-state index in [-0.39, 0.29) is 12.0 Å².